The van der Waals surface area contributed by atoms with E-state index >= 15 is 0 Å². The third kappa shape index (κ3) is 3.43. The standard InChI is InChI=1S/C13H23O/c1-12(2)7-5-11(6-8-12)9-13(3,4)10-14/h11H,5-9H2,1-4H3. The van der Waals surface area contributed by atoms with Crippen LogP contribution in [-0.2, 0) is 4.79 Å². The van der Waals surface area contributed by atoms with Gasteiger partial charge in [0.05, 0.1) is 0 Å². The molecule has 0 aliphatic heterocycles. The smallest absolute Gasteiger partial charge is 0.204 e. The number of carbonyl (C=O) groups excluding carboxylic acids is 1. The minimum Gasteiger partial charge on any atom is -0.290 e. The summed E-state index contributed by atoms with van der Waals surface area (Å²) in [5, 5.41) is 0. The second-order valence-electron chi connectivity index (χ2n) is 6.30. The van der Waals surface area contributed by atoms with Gasteiger partial charge in [0.1, 0.15) is 0 Å². The molecule has 0 spiro atoms. The van der Waals surface area contributed by atoms with Crippen molar-refractivity contribution in [3.05, 3.63) is 0 Å². The van der Waals surface area contributed by atoms with Gasteiger partial charge in [0.15, 0.2) is 0 Å². The van der Waals surface area contributed by atoms with Gasteiger partial charge in [-0.2, -0.15) is 0 Å². The fraction of sp³-hybridized carbons (Fsp3) is 0.923. The highest BCUT2D eigenvalue weighted by atomic mass is 16.1. The van der Waals surface area contributed by atoms with Crippen molar-refractivity contribution in [1.82, 2.24) is 0 Å². The molecule has 1 aliphatic rings. The monoisotopic (exact) mass is 195 g/mol. The van der Waals surface area contributed by atoms with Crippen molar-refractivity contribution in [3.8, 4) is 0 Å². The first-order valence-electron chi connectivity index (χ1n) is 5.74. The van der Waals surface area contributed by atoms with Gasteiger partial charge in [-0.25, -0.2) is 0 Å². The Balaban J connectivity index is 2.40. The Morgan fingerprint density at radius 1 is 1.29 bits per heavy atom. The van der Waals surface area contributed by atoms with Crippen molar-refractivity contribution in [2.75, 3.05) is 0 Å². The summed E-state index contributed by atoms with van der Waals surface area (Å²) in [5.41, 5.74) is 0.303. The number of hydrogen-bond donors (Lipinski definition) is 0. The Kier molecular flexibility index (Phi) is 3.39. The SMILES string of the molecule is CC(C)([C]=O)CC1CCC(C)(C)CC1. The molecule has 0 aromatic heterocycles. The lowest BCUT2D eigenvalue weighted by Crippen LogP contribution is -2.25. The molecule has 0 saturated heterocycles. The zero-order chi connectivity index (χ0) is 10.8. The van der Waals surface area contributed by atoms with Crippen LogP contribution in [0.25, 0.3) is 0 Å². The maximum Gasteiger partial charge on any atom is 0.204 e. The van der Waals surface area contributed by atoms with Crippen LogP contribution in [-0.4, -0.2) is 6.29 Å². The molecule has 14 heavy (non-hydrogen) atoms. The van der Waals surface area contributed by atoms with E-state index in [0.717, 1.165) is 12.3 Å². The largest absolute Gasteiger partial charge is 0.290 e. The van der Waals surface area contributed by atoms with Crippen molar-refractivity contribution in [3.63, 3.8) is 0 Å². The van der Waals surface area contributed by atoms with E-state index in [2.05, 4.69) is 20.1 Å². The van der Waals surface area contributed by atoms with Gasteiger partial charge in [-0.3, -0.25) is 4.79 Å². The summed E-state index contributed by atoms with van der Waals surface area (Å²) in [6.45, 7) is 8.69. The van der Waals surface area contributed by atoms with E-state index in [1.807, 2.05) is 13.8 Å². The lowest BCUT2D eigenvalue weighted by atomic mass is 9.69. The molecule has 0 unspecified atom stereocenters. The third-order valence-electron chi connectivity index (χ3n) is 3.53. The first-order valence-corrected chi connectivity index (χ1v) is 5.74. The molecular weight excluding hydrogens is 172 g/mol. The van der Waals surface area contributed by atoms with Crippen molar-refractivity contribution in [2.45, 2.75) is 59.8 Å². The van der Waals surface area contributed by atoms with Crippen molar-refractivity contribution in [1.29, 1.82) is 0 Å². The fourth-order valence-corrected chi connectivity index (χ4v) is 2.43. The first-order chi connectivity index (χ1) is 6.35. The molecule has 0 heterocycles. The normalized spacial score (nSPS) is 23.4. The van der Waals surface area contributed by atoms with E-state index in [-0.39, 0.29) is 5.41 Å². The lowest BCUT2D eigenvalue weighted by Gasteiger charge is -2.36. The average Bonchev–Trinajstić information content (AvgIpc) is 2.09. The second kappa shape index (κ2) is 4.04. The highest BCUT2D eigenvalue weighted by molar-refractivity contribution is 5.58. The summed E-state index contributed by atoms with van der Waals surface area (Å²) in [6, 6.07) is 0. The van der Waals surface area contributed by atoms with Crippen molar-refractivity contribution >= 4 is 6.29 Å². The van der Waals surface area contributed by atoms with E-state index < -0.39 is 0 Å². The predicted octanol–water partition coefficient (Wildman–Crippen LogP) is 3.73. The van der Waals surface area contributed by atoms with Crippen LogP contribution in [0.4, 0.5) is 0 Å². The van der Waals surface area contributed by atoms with Crippen LogP contribution < -0.4 is 0 Å². The molecule has 0 aromatic carbocycles. The summed E-state index contributed by atoms with van der Waals surface area (Å²) >= 11 is 0. The Hall–Kier alpha value is -0.330. The maximum absolute atomic E-state index is 10.7. The Labute approximate surface area is 88.3 Å². The minimum absolute atomic E-state index is 0.230. The summed E-state index contributed by atoms with van der Waals surface area (Å²) in [7, 11) is 0. The summed E-state index contributed by atoms with van der Waals surface area (Å²) in [5.74, 6) is 0.750. The van der Waals surface area contributed by atoms with Gasteiger partial charge in [-0.15, -0.1) is 0 Å². The molecule has 81 valence electrons. The topological polar surface area (TPSA) is 17.1 Å². The lowest BCUT2D eigenvalue weighted by molar-refractivity contribution is 0.165. The second-order valence-corrected chi connectivity index (χ2v) is 6.30. The molecule has 0 N–H and O–H groups in total. The van der Waals surface area contributed by atoms with Gasteiger partial charge in [0.25, 0.3) is 0 Å². The Morgan fingerprint density at radius 2 is 1.79 bits per heavy atom. The number of hydrogen-bond acceptors (Lipinski definition) is 1. The fourth-order valence-electron chi connectivity index (χ4n) is 2.43. The highest BCUT2D eigenvalue weighted by Crippen LogP contribution is 2.41. The molecule has 1 nitrogen and oxygen atoms in total. The molecule has 1 heteroatoms. The predicted molar refractivity (Wildman–Crippen MR) is 59.8 cm³/mol. The third-order valence-corrected chi connectivity index (χ3v) is 3.53. The van der Waals surface area contributed by atoms with E-state index in [9.17, 15) is 4.79 Å². The minimum atomic E-state index is -0.230. The molecule has 0 atom stereocenters. The molecular formula is C13H23O. The molecule has 0 aromatic rings. The van der Waals surface area contributed by atoms with Crippen LogP contribution in [0.2, 0.25) is 0 Å². The molecule has 1 aliphatic carbocycles. The van der Waals surface area contributed by atoms with Crippen LogP contribution in [0, 0.1) is 16.7 Å². The van der Waals surface area contributed by atoms with E-state index in [1.54, 1.807) is 0 Å². The highest BCUT2D eigenvalue weighted by Gasteiger charge is 2.30. The van der Waals surface area contributed by atoms with Crippen LogP contribution >= 0.6 is 0 Å². The van der Waals surface area contributed by atoms with Crippen LogP contribution in [0.3, 0.4) is 0 Å². The van der Waals surface area contributed by atoms with Gasteiger partial charge in [0, 0.05) is 5.41 Å². The van der Waals surface area contributed by atoms with E-state index in [0.29, 0.717) is 5.41 Å². The summed E-state index contributed by atoms with van der Waals surface area (Å²) in [4.78, 5) is 10.7. The zero-order valence-corrected chi connectivity index (χ0v) is 10.0. The maximum atomic E-state index is 10.7. The van der Waals surface area contributed by atoms with E-state index in [4.69, 9.17) is 0 Å². The molecule has 0 bridgehead atoms. The first kappa shape index (κ1) is 11.7. The quantitative estimate of drug-likeness (QED) is 0.670. The Morgan fingerprint density at radius 3 is 2.21 bits per heavy atom. The van der Waals surface area contributed by atoms with Gasteiger partial charge in [-0.1, -0.05) is 27.7 Å². The van der Waals surface area contributed by atoms with Gasteiger partial charge in [0.2, 0.25) is 6.29 Å². The molecule has 1 rings (SSSR count). The van der Waals surface area contributed by atoms with Gasteiger partial charge in [-0.05, 0) is 43.4 Å². The molecule has 0 amide bonds. The summed E-state index contributed by atoms with van der Waals surface area (Å²) in [6.07, 6.45) is 8.38. The zero-order valence-electron chi connectivity index (χ0n) is 10.0. The molecule has 1 saturated carbocycles. The molecule has 1 radical (unpaired) electrons. The van der Waals surface area contributed by atoms with Gasteiger partial charge < -0.3 is 0 Å². The van der Waals surface area contributed by atoms with Crippen LogP contribution in [0.15, 0.2) is 0 Å². The Bertz CT molecular complexity index is 193. The van der Waals surface area contributed by atoms with Crippen LogP contribution in [0.1, 0.15) is 59.8 Å². The van der Waals surface area contributed by atoms with Gasteiger partial charge >= 0.3 is 0 Å². The van der Waals surface area contributed by atoms with Crippen molar-refractivity contribution < 1.29 is 4.79 Å². The van der Waals surface area contributed by atoms with E-state index in [1.165, 1.54) is 25.7 Å². The number of rotatable bonds is 3. The molecule has 1 fully saturated rings. The van der Waals surface area contributed by atoms with Crippen LogP contribution in [0.5, 0.6) is 0 Å². The average molecular weight is 195 g/mol. The van der Waals surface area contributed by atoms with Crippen molar-refractivity contribution in [2.24, 2.45) is 16.7 Å². The summed E-state index contributed by atoms with van der Waals surface area (Å²) < 4.78 is 0.